The van der Waals surface area contributed by atoms with Gasteiger partial charge in [0, 0.05) is 0 Å². The molecule has 0 saturated carbocycles. The van der Waals surface area contributed by atoms with Gasteiger partial charge in [-0.25, -0.2) is 0 Å². The van der Waals surface area contributed by atoms with Crippen molar-refractivity contribution in [3.05, 3.63) is 0 Å². The van der Waals surface area contributed by atoms with Gasteiger partial charge in [-0.3, -0.25) is 0 Å². The molecule has 176 valence electrons. The molecule has 0 aromatic rings. The molecule has 0 radical (unpaired) electrons. The number of hydrogen-bond acceptors (Lipinski definition) is 0. The summed E-state index contributed by atoms with van der Waals surface area (Å²) in [5, 5.41) is 0. The standard InChI is InChI=1S/C28H60Si/c1-5-9-13-14-15-16-17-18-19-20-21-22-23-24-28-29(25-10-6-2,26-11-7-3)27-12-8-4/h5-28H2,1-4H3. The first-order chi connectivity index (χ1) is 14.2. The van der Waals surface area contributed by atoms with E-state index in [9.17, 15) is 0 Å². The Kier molecular flexibility index (Phi) is 23.1. The Hall–Kier alpha value is 0.217. The lowest BCUT2D eigenvalue weighted by Crippen LogP contribution is -2.33. The van der Waals surface area contributed by atoms with Gasteiger partial charge in [0.1, 0.15) is 0 Å². The average molecular weight is 425 g/mol. The van der Waals surface area contributed by atoms with E-state index >= 15 is 0 Å². The summed E-state index contributed by atoms with van der Waals surface area (Å²) in [6.07, 6.45) is 29.6. The van der Waals surface area contributed by atoms with Gasteiger partial charge in [-0.05, 0) is 0 Å². The van der Waals surface area contributed by atoms with E-state index in [1.54, 1.807) is 30.6 Å². The first-order valence-electron chi connectivity index (χ1n) is 14.2. The summed E-state index contributed by atoms with van der Waals surface area (Å²) in [5.41, 5.74) is 0. The van der Waals surface area contributed by atoms with Crippen LogP contribution in [0.3, 0.4) is 0 Å². The zero-order valence-corrected chi connectivity index (χ0v) is 22.5. The van der Waals surface area contributed by atoms with E-state index in [-0.39, 0.29) is 0 Å². The molecular weight excluding hydrogens is 364 g/mol. The molecule has 0 spiro atoms. The van der Waals surface area contributed by atoms with Crippen molar-refractivity contribution in [1.29, 1.82) is 0 Å². The van der Waals surface area contributed by atoms with Crippen LogP contribution < -0.4 is 0 Å². The van der Waals surface area contributed by atoms with Crippen LogP contribution in [0.4, 0.5) is 0 Å². The van der Waals surface area contributed by atoms with Gasteiger partial charge in [0.15, 0.2) is 0 Å². The zero-order valence-electron chi connectivity index (χ0n) is 21.5. The van der Waals surface area contributed by atoms with Gasteiger partial charge in [-0.1, -0.05) is 180 Å². The molecule has 29 heavy (non-hydrogen) atoms. The largest absolute Gasteiger partial charge is 0.0654 e. The third-order valence-electron chi connectivity index (χ3n) is 7.24. The van der Waals surface area contributed by atoms with Crippen LogP contribution in [0.15, 0.2) is 0 Å². The number of rotatable bonds is 24. The molecule has 0 heterocycles. The van der Waals surface area contributed by atoms with Crippen LogP contribution in [0.25, 0.3) is 0 Å². The fourth-order valence-corrected chi connectivity index (χ4v) is 10.9. The molecular formula is C28H60Si. The fraction of sp³-hybridized carbons (Fsp3) is 1.00. The SMILES string of the molecule is CCCCCCCCCCCCCCCC[Si](CCCC)(CCCC)CCCC. The maximum absolute atomic E-state index is 2.39. The molecule has 0 aromatic heterocycles. The van der Waals surface area contributed by atoms with Crippen LogP contribution >= 0.6 is 0 Å². The van der Waals surface area contributed by atoms with Crippen molar-refractivity contribution in [3.8, 4) is 0 Å². The smallest absolute Gasteiger partial charge is 0.0535 e. The number of unbranched alkanes of at least 4 members (excludes halogenated alkanes) is 16. The molecule has 1 heteroatoms. The van der Waals surface area contributed by atoms with Gasteiger partial charge < -0.3 is 0 Å². The molecule has 0 aromatic carbocycles. The van der Waals surface area contributed by atoms with E-state index in [0.29, 0.717) is 0 Å². The summed E-state index contributed by atoms with van der Waals surface area (Å²) in [5.74, 6) is 0. The van der Waals surface area contributed by atoms with E-state index in [4.69, 9.17) is 0 Å². The summed E-state index contributed by atoms with van der Waals surface area (Å²) in [4.78, 5) is 0. The van der Waals surface area contributed by atoms with Crippen molar-refractivity contribution in [2.75, 3.05) is 0 Å². The molecule has 0 aliphatic heterocycles. The average Bonchev–Trinajstić information content (AvgIpc) is 2.74. The molecule has 0 bridgehead atoms. The monoisotopic (exact) mass is 424 g/mol. The van der Waals surface area contributed by atoms with Gasteiger partial charge in [0.2, 0.25) is 0 Å². The highest BCUT2D eigenvalue weighted by Crippen LogP contribution is 2.34. The molecule has 0 aliphatic carbocycles. The highest BCUT2D eigenvalue weighted by molar-refractivity contribution is 6.79. The first kappa shape index (κ1) is 29.2. The maximum Gasteiger partial charge on any atom is 0.0535 e. The Morgan fingerprint density at radius 1 is 0.276 bits per heavy atom. The van der Waals surface area contributed by atoms with Crippen LogP contribution in [-0.2, 0) is 0 Å². The summed E-state index contributed by atoms with van der Waals surface area (Å²) >= 11 is 0. The van der Waals surface area contributed by atoms with Gasteiger partial charge in [-0.15, -0.1) is 0 Å². The minimum atomic E-state index is -0.961. The van der Waals surface area contributed by atoms with E-state index in [1.807, 2.05) is 0 Å². The lowest BCUT2D eigenvalue weighted by atomic mass is 10.0. The van der Waals surface area contributed by atoms with Crippen molar-refractivity contribution in [3.63, 3.8) is 0 Å². The fourth-order valence-electron chi connectivity index (χ4n) is 5.10. The molecule has 0 nitrogen and oxygen atoms in total. The zero-order chi connectivity index (χ0) is 21.5. The summed E-state index contributed by atoms with van der Waals surface area (Å²) in [7, 11) is -0.961. The van der Waals surface area contributed by atoms with Crippen LogP contribution in [0.2, 0.25) is 24.2 Å². The van der Waals surface area contributed by atoms with Crippen LogP contribution in [0, 0.1) is 0 Å². The first-order valence-corrected chi connectivity index (χ1v) is 17.1. The molecule has 0 atom stereocenters. The molecule has 0 saturated heterocycles. The van der Waals surface area contributed by atoms with E-state index in [1.165, 1.54) is 122 Å². The molecule has 0 amide bonds. The predicted octanol–water partition coefficient (Wildman–Crippen LogP) is 11.3. The Labute approximate surface area is 188 Å². The lowest BCUT2D eigenvalue weighted by molar-refractivity contribution is 0.537. The third kappa shape index (κ3) is 18.7. The second-order valence-electron chi connectivity index (χ2n) is 10.2. The second kappa shape index (κ2) is 22.9. The van der Waals surface area contributed by atoms with Gasteiger partial charge in [0.25, 0.3) is 0 Å². The van der Waals surface area contributed by atoms with Crippen LogP contribution in [0.1, 0.15) is 156 Å². The van der Waals surface area contributed by atoms with Crippen LogP contribution in [0.5, 0.6) is 0 Å². The Balaban J connectivity index is 3.79. The van der Waals surface area contributed by atoms with Crippen molar-refractivity contribution < 1.29 is 0 Å². The van der Waals surface area contributed by atoms with Gasteiger partial charge in [-0.2, -0.15) is 0 Å². The van der Waals surface area contributed by atoms with Crippen molar-refractivity contribution in [1.82, 2.24) is 0 Å². The van der Waals surface area contributed by atoms with Crippen LogP contribution in [-0.4, -0.2) is 8.07 Å². The molecule has 0 N–H and O–H groups in total. The van der Waals surface area contributed by atoms with E-state index in [0.717, 1.165) is 0 Å². The quantitative estimate of drug-likeness (QED) is 0.107. The Bertz CT molecular complexity index is 277. The molecule has 0 rings (SSSR count). The topological polar surface area (TPSA) is 0 Å². The third-order valence-corrected chi connectivity index (χ3v) is 12.9. The Morgan fingerprint density at radius 3 is 0.828 bits per heavy atom. The van der Waals surface area contributed by atoms with Crippen molar-refractivity contribution in [2.45, 2.75) is 180 Å². The highest BCUT2D eigenvalue weighted by atomic mass is 28.3. The minimum Gasteiger partial charge on any atom is -0.0654 e. The molecule has 0 aliphatic rings. The number of hydrogen-bond donors (Lipinski definition) is 0. The molecule has 0 fully saturated rings. The lowest BCUT2D eigenvalue weighted by Gasteiger charge is -2.32. The normalized spacial score (nSPS) is 12.0. The van der Waals surface area contributed by atoms with Crippen molar-refractivity contribution in [2.24, 2.45) is 0 Å². The van der Waals surface area contributed by atoms with E-state index in [2.05, 4.69) is 27.7 Å². The predicted molar refractivity (Wildman–Crippen MR) is 140 cm³/mol. The summed E-state index contributed by atoms with van der Waals surface area (Å²) < 4.78 is 0. The Morgan fingerprint density at radius 2 is 0.517 bits per heavy atom. The van der Waals surface area contributed by atoms with Gasteiger partial charge >= 0.3 is 0 Å². The summed E-state index contributed by atoms with van der Waals surface area (Å²) in [6, 6.07) is 6.58. The summed E-state index contributed by atoms with van der Waals surface area (Å²) in [6.45, 7) is 9.49. The minimum absolute atomic E-state index is 0.961. The maximum atomic E-state index is 2.39. The van der Waals surface area contributed by atoms with Gasteiger partial charge in [0.05, 0.1) is 8.07 Å². The highest BCUT2D eigenvalue weighted by Gasteiger charge is 2.29. The second-order valence-corrected chi connectivity index (χ2v) is 15.2. The van der Waals surface area contributed by atoms with Crippen molar-refractivity contribution >= 4 is 8.07 Å². The van der Waals surface area contributed by atoms with E-state index < -0.39 is 8.07 Å². The molecule has 0 unspecified atom stereocenters.